The fourth-order valence-corrected chi connectivity index (χ4v) is 6.01. The third kappa shape index (κ3) is 3.78. The number of aromatic nitrogens is 4. The van der Waals surface area contributed by atoms with E-state index in [2.05, 4.69) is 15.1 Å². The third-order valence-corrected chi connectivity index (χ3v) is 7.81. The first kappa shape index (κ1) is 20.6. The molecule has 166 valence electrons. The van der Waals surface area contributed by atoms with Gasteiger partial charge >= 0.3 is 0 Å². The first-order valence-corrected chi connectivity index (χ1v) is 12.4. The summed E-state index contributed by atoms with van der Waals surface area (Å²) in [7, 11) is 0. The van der Waals surface area contributed by atoms with Crippen molar-refractivity contribution in [3.63, 3.8) is 0 Å². The van der Waals surface area contributed by atoms with Crippen molar-refractivity contribution in [2.45, 2.75) is 64.5 Å². The number of carbonyl (C=O) groups excluding carboxylic acids is 1. The van der Waals surface area contributed by atoms with Crippen LogP contribution in [0.15, 0.2) is 16.2 Å². The molecule has 2 aliphatic rings. The molecule has 9 heteroatoms. The maximum atomic E-state index is 12.9. The van der Waals surface area contributed by atoms with E-state index < -0.39 is 0 Å². The lowest BCUT2D eigenvalue weighted by Gasteiger charge is -2.40. The Balaban J connectivity index is 1.27. The SMILES string of the molecule is CCn1c(=O)c2sccc2n2c(CCC(=O)N3CCN(C4CCCCC4)CC3)nnc12. The number of thiophene rings is 1. The van der Waals surface area contributed by atoms with Crippen molar-refractivity contribution >= 4 is 33.2 Å². The molecule has 1 saturated carbocycles. The van der Waals surface area contributed by atoms with Crippen LogP contribution in [0.25, 0.3) is 16.0 Å². The fourth-order valence-electron chi connectivity index (χ4n) is 5.19. The van der Waals surface area contributed by atoms with E-state index in [1.54, 1.807) is 4.57 Å². The summed E-state index contributed by atoms with van der Waals surface area (Å²) in [6, 6.07) is 2.66. The van der Waals surface area contributed by atoms with Gasteiger partial charge in [0, 0.05) is 51.6 Å². The second kappa shape index (κ2) is 8.70. The van der Waals surface area contributed by atoms with Gasteiger partial charge in [-0.25, -0.2) is 0 Å². The van der Waals surface area contributed by atoms with Crippen LogP contribution < -0.4 is 5.56 Å². The number of aryl methyl sites for hydroxylation is 2. The van der Waals surface area contributed by atoms with Gasteiger partial charge in [0.05, 0.1) is 5.52 Å². The fraction of sp³-hybridized carbons (Fsp3) is 0.636. The summed E-state index contributed by atoms with van der Waals surface area (Å²) in [5.41, 5.74) is 0.814. The van der Waals surface area contributed by atoms with Crippen molar-refractivity contribution in [3.8, 4) is 0 Å². The zero-order valence-corrected chi connectivity index (χ0v) is 18.9. The van der Waals surface area contributed by atoms with Crippen molar-refractivity contribution in [2.24, 2.45) is 0 Å². The quantitative estimate of drug-likeness (QED) is 0.607. The van der Waals surface area contributed by atoms with Crippen molar-refractivity contribution in [2.75, 3.05) is 26.2 Å². The largest absolute Gasteiger partial charge is 0.340 e. The van der Waals surface area contributed by atoms with Gasteiger partial charge in [-0.05, 0) is 31.2 Å². The van der Waals surface area contributed by atoms with Gasteiger partial charge in [0.1, 0.15) is 10.5 Å². The Morgan fingerprint density at radius 2 is 1.90 bits per heavy atom. The number of amides is 1. The second-order valence-corrected chi connectivity index (χ2v) is 9.56. The molecule has 2 fully saturated rings. The minimum absolute atomic E-state index is 0.0223. The van der Waals surface area contributed by atoms with Gasteiger partial charge in [0.2, 0.25) is 11.7 Å². The lowest BCUT2D eigenvalue weighted by atomic mass is 9.94. The highest BCUT2D eigenvalue weighted by molar-refractivity contribution is 7.17. The Labute approximate surface area is 185 Å². The summed E-state index contributed by atoms with van der Waals surface area (Å²) in [6.45, 7) is 6.09. The van der Waals surface area contributed by atoms with E-state index in [0.717, 1.165) is 43.6 Å². The van der Waals surface area contributed by atoms with Crippen molar-refractivity contribution in [1.82, 2.24) is 29.0 Å². The molecule has 0 spiro atoms. The monoisotopic (exact) mass is 442 g/mol. The molecule has 0 radical (unpaired) electrons. The predicted octanol–water partition coefficient (Wildman–Crippen LogP) is 2.54. The van der Waals surface area contributed by atoms with Crippen molar-refractivity contribution in [1.29, 1.82) is 0 Å². The average Bonchev–Trinajstić information content (AvgIpc) is 3.46. The molecule has 3 aromatic rings. The van der Waals surface area contributed by atoms with Crippen LogP contribution in [0.3, 0.4) is 0 Å². The molecule has 3 aromatic heterocycles. The number of carbonyl (C=O) groups is 1. The topological polar surface area (TPSA) is 75.7 Å². The summed E-state index contributed by atoms with van der Waals surface area (Å²) >= 11 is 1.44. The van der Waals surface area contributed by atoms with Gasteiger partial charge in [-0.1, -0.05) is 19.3 Å². The first-order chi connectivity index (χ1) is 15.2. The summed E-state index contributed by atoms with van der Waals surface area (Å²) < 4.78 is 4.31. The molecular formula is C22H30N6O2S. The van der Waals surface area contributed by atoms with Crippen molar-refractivity contribution in [3.05, 3.63) is 27.6 Å². The number of hydrogen-bond donors (Lipinski definition) is 0. The maximum absolute atomic E-state index is 12.9. The van der Waals surface area contributed by atoms with Crippen LogP contribution in [0.2, 0.25) is 0 Å². The van der Waals surface area contributed by atoms with E-state index in [4.69, 9.17) is 0 Å². The lowest BCUT2D eigenvalue weighted by Crippen LogP contribution is -2.52. The summed E-state index contributed by atoms with van der Waals surface area (Å²) in [5, 5.41) is 10.5. The van der Waals surface area contributed by atoms with Crippen molar-refractivity contribution < 1.29 is 4.79 Å². The highest BCUT2D eigenvalue weighted by Crippen LogP contribution is 2.24. The molecule has 4 heterocycles. The molecule has 0 N–H and O–H groups in total. The van der Waals surface area contributed by atoms with E-state index in [0.29, 0.717) is 29.9 Å². The third-order valence-electron chi connectivity index (χ3n) is 6.92. The van der Waals surface area contributed by atoms with E-state index in [1.165, 1.54) is 43.4 Å². The summed E-state index contributed by atoms with van der Waals surface area (Å²) in [5.74, 6) is 1.49. The molecule has 0 aromatic carbocycles. The smallest absolute Gasteiger partial charge is 0.272 e. The summed E-state index contributed by atoms with van der Waals surface area (Å²) in [6.07, 6.45) is 7.63. The predicted molar refractivity (Wildman–Crippen MR) is 122 cm³/mol. The van der Waals surface area contributed by atoms with Crippen LogP contribution in [0.4, 0.5) is 0 Å². The van der Waals surface area contributed by atoms with Gasteiger partial charge < -0.3 is 4.90 Å². The van der Waals surface area contributed by atoms with Crippen LogP contribution in [-0.4, -0.2) is 67.1 Å². The highest BCUT2D eigenvalue weighted by Gasteiger charge is 2.27. The van der Waals surface area contributed by atoms with Gasteiger partial charge in [-0.3, -0.25) is 23.5 Å². The Kier molecular flexibility index (Phi) is 5.79. The molecule has 0 bridgehead atoms. The first-order valence-electron chi connectivity index (χ1n) is 11.5. The molecular weight excluding hydrogens is 412 g/mol. The average molecular weight is 443 g/mol. The second-order valence-electron chi connectivity index (χ2n) is 8.64. The normalized spacial score (nSPS) is 18.9. The Bertz CT molecular complexity index is 1130. The Morgan fingerprint density at radius 3 is 2.65 bits per heavy atom. The van der Waals surface area contributed by atoms with E-state index in [1.807, 2.05) is 27.7 Å². The molecule has 1 aliphatic heterocycles. The minimum atomic E-state index is -0.0223. The van der Waals surface area contributed by atoms with E-state index in [-0.39, 0.29) is 11.5 Å². The molecule has 1 aliphatic carbocycles. The van der Waals surface area contributed by atoms with E-state index >= 15 is 0 Å². The Hall–Kier alpha value is -2.26. The maximum Gasteiger partial charge on any atom is 0.272 e. The molecule has 1 amide bonds. The number of piperazine rings is 1. The van der Waals surface area contributed by atoms with Crippen LogP contribution in [0, 0.1) is 0 Å². The number of fused-ring (bicyclic) bond motifs is 3. The van der Waals surface area contributed by atoms with Crippen LogP contribution in [0.1, 0.15) is 51.3 Å². The number of hydrogen-bond acceptors (Lipinski definition) is 6. The molecule has 8 nitrogen and oxygen atoms in total. The molecule has 5 rings (SSSR count). The lowest BCUT2D eigenvalue weighted by molar-refractivity contribution is -0.133. The molecule has 0 atom stereocenters. The van der Waals surface area contributed by atoms with E-state index in [9.17, 15) is 9.59 Å². The minimum Gasteiger partial charge on any atom is -0.340 e. The standard InChI is InChI=1S/C22H30N6O2S/c1-2-27-21(30)20-17(10-15-31-20)28-18(23-24-22(27)28)8-9-19(29)26-13-11-25(12-14-26)16-6-4-3-5-7-16/h10,15-16H,2-9,11-14H2,1H3. The van der Waals surface area contributed by atoms with Gasteiger partial charge in [-0.2, -0.15) is 0 Å². The number of nitrogens with zero attached hydrogens (tertiary/aromatic N) is 6. The van der Waals surface area contributed by atoms with Gasteiger partial charge in [0.15, 0.2) is 0 Å². The zero-order valence-electron chi connectivity index (χ0n) is 18.1. The van der Waals surface area contributed by atoms with Gasteiger partial charge in [-0.15, -0.1) is 21.5 Å². The van der Waals surface area contributed by atoms with Gasteiger partial charge in [0.25, 0.3) is 5.56 Å². The van der Waals surface area contributed by atoms with Crippen LogP contribution in [-0.2, 0) is 17.8 Å². The molecule has 0 unspecified atom stereocenters. The van der Waals surface area contributed by atoms with Crippen LogP contribution in [0.5, 0.6) is 0 Å². The molecule has 31 heavy (non-hydrogen) atoms. The molecule has 1 saturated heterocycles. The Morgan fingerprint density at radius 1 is 1.13 bits per heavy atom. The summed E-state index contributed by atoms with van der Waals surface area (Å²) in [4.78, 5) is 30.2. The highest BCUT2D eigenvalue weighted by atomic mass is 32.1. The number of rotatable bonds is 5. The van der Waals surface area contributed by atoms with Crippen LogP contribution >= 0.6 is 11.3 Å². The zero-order chi connectivity index (χ0) is 21.4.